The summed E-state index contributed by atoms with van der Waals surface area (Å²) < 4.78 is 0. The number of fused-ring (bicyclic) bond motifs is 1. The quantitative estimate of drug-likeness (QED) is 0.631. The molecule has 1 heterocycles. The molecule has 2 heteroatoms. The molecule has 0 spiro atoms. The first-order valence-corrected chi connectivity index (χ1v) is 4.51. The van der Waals surface area contributed by atoms with Crippen molar-refractivity contribution in [1.29, 1.82) is 0 Å². The van der Waals surface area contributed by atoms with Crippen LogP contribution in [0.25, 0.3) is 0 Å². The molecule has 0 amide bonds. The van der Waals surface area contributed by atoms with E-state index in [9.17, 15) is 0 Å². The Kier molecular flexibility index (Phi) is 1.62. The highest BCUT2D eigenvalue weighted by atomic mass is 32.2. The van der Waals surface area contributed by atoms with Crippen LogP contribution in [0.1, 0.15) is 0 Å². The molecule has 1 nitrogen and oxygen atoms in total. The predicted molar refractivity (Wildman–Crippen MR) is 49.9 cm³/mol. The van der Waals surface area contributed by atoms with Gasteiger partial charge in [-0.15, -0.1) is 11.8 Å². The van der Waals surface area contributed by atoms with Crippen molar-refractivity contribution >= 4 is 17.4 Å². The number of benzene rings is 1. The molecule has 0 aromatic heterocycles. The van der Waals surface area contributed by atoms with Gasteiger partial charge in [0.2, 0.25) is 0 Å². The van der Waals surface area contributed by atoms with E-state index in [4.69, 9.17) is 0 Å². The third-order valence-electron chi connectivity index (χ3n) is 1.60. The normalized spacial score (nSPS) is 15.5. The molecule has 0 saturated heterocycles. The Morgan fingerprint density at radius 2 is 2.18 bits per heavy atom. The number of hydrogen-bond acceptors (Lipinski definition) is 2. The van der Waals surface area contributed by atoms with Gasteiger partial charge in [0, 0.05) is 16.3 Å². The monoisotopic (exact) mass is 163 g/mol. The summed E-state index contributed by atoms with van der Waals surface area (Å²) in [6.07, 6.45) is 0. The second-order valence-corrected chi connectivity index (χ2v) is 3.53. The highest BCUT2D eigenvalue weighted by molar-refractivity contribution is 7.99. The summed E-state index contributed by atoms with van der Waals surface area (Å²) in [5, 5.41) is 3.24. The molecule has 0 atom stereocenters. The zero-order chi connectivity index (χ0) is 7.68. The topological polar surface area (TPSA) is 12.0 Å². The highest BCUT2D eigenvalue weighted by Crippen LogP contribution is 2.33. The van der Waals surface area contributed by atoms with Crippen molar-refractivity contribution in [2.45, 2.75) is 4.90 Å². The van der Waals surface area contributed by atoms with Gasteiger partial charge in [-0.05, 0) is 12.1 Å². The summed E-state index contributed by atoms with van der Waals surface area (Å²) in [5.74, 6) is 0.983. The minimum absolute atomic E-state index is 0.983. The first-order chi connectivity index (χ1) is 5.36. The molecule has 0 aliphatic carbocycles. The van der Waals surface area contributed by atoms with Gasteiger partial charge >= 0.3 is 0 Å². The van der Waals surface area contributed by atoms with Gasteiger partial charge in [0.15, 0.2) is 0 Å². The average molecular weight is 163 g/mol. The first kappa shape index (κ1) is 6.80. The fourth-order valence-electron chi connectivity index (χ4n) is 1.09. The van der Waals surface area contributed by atoms with E-state index in [-0.39, 0.29) is 0 Å². The summed E-state index contributed by atoms with van der Waals surface area (Å²) in [6, 6.07) is 8.29. The van der Waals surface area contributed by atoms with E-state index in [1.165, 1.54) is 10.6 Å². The SMILES string of the molecule is C=C1CSc2ccccc2N1. The molecule has 2 rings (SSSR count). The van der Waals surface area contributed by atoms with E-state index in [0.29, 0.717) is 0 Å². The summed E-state index contributed by atoms with van der Waals surface area (Å²) in [6.45, 7) is 3.88. The molecule has 1 aliphatic rings. The van der Waals surface area contributed by atoms with E-state index < -0.39 is 0 Å². The number of hydrogen-bond donors (Lipinski definition) is 1. The van der Waals surface area contributed by atoms with Gasteiger partial charge in [-0.3, -0.25) is 0 Å². The molecule has 0 bridgehead atoms. The van der Waals surface area contributed by atoms with Gasteiger partial charge in [0.05, 0.1) is 5.69 Å². The molecular formula is C9H9NS. The third kappa shape index (κ3) is 1.26. The molecule has 0 fully saturated rings. The fourth-order valence-corrected chi connectivity index (χ4v) is 1.94. The second kappa shape index (κ2) is 2.62. The molecule has 0 saturated carbocycles. The van der Waals surface area contributed by atoms with Crippen molar-refractivity contribution in [3.05, 3.63) is 36.5 Å². The molecule has 1 aromatic rings. The molecule has 1 aliphatic heterocycles. The van der Waals surface area contributed by atoms with Crippen molar-refractivity contribution < 1.29 is 0 Å². The Labute approximate surface area is 70.5 Å². The van der Waals surface area contributed by atoms with Gasteiger partial charge in [0.1, 0.15) is 0 Å². The van der Waals surface area contributed by atoms with E-state index in [1.54, 1.807) is 0 Å². The Hall–Kier alpha value is -0.890. The van der Waals surface area contributed by atoms with Gasteiger partial charge in [-0.1, -0.05) is 18.7 Å². The minimum Gasteiger partial charge on any atom is -0.358 e. The van der Waals surface area contributed by atoms with Gasteiger partial charge in [-0.2, -0.15) is 0 Å². The predicted octanol–water partition coefficient (Wildman–Crippen LogP) is 2.72. The van der Waals surface area contributed by atoms with Crippen LogP contribution < -0.4 is 5.32 Å². The number of rotatable bonds is 0. The van der Waals surface area contributed by atoms with Crippen LogP contribution in [0, 0.1) is 0 Å². The van der Waals surface area contributed by atoms with E-state index in [2.05, 4.69) is 30.1 Å². The summed E-state index contributed by atoms with van der Waals surface area (Å²) >= 11 is 1.83. The standard InChI is InChI=1S/C9H9NS/c1-7-6-11-9-5-3-2-4-8(9)10-7/h2-5,10H,1,6H2. The van der Waals surface area contributed by atoms with Crippen molar-refractivity contribution in [3.63, 3.8) is 0 Å². The zero-order valence-corrected chi connectivity index (χ0v) is 6.95. The lowest BCUT2D eigenvalue weighted by Crippen LogP contribution is -2.06. The Morgan fingerprint density at radius 1 is 1.36 bits per heavy atom. The van der Waals surface area contributed by atoms with Crippen molar-refractivity contribution in [1.82, 2.24) is 0 Å². The molecular weight excluding hydrogens is 154 g/mol. The number of nitrogens with one attached hydrogen (secondary N) is 1. The van der Waals surface area contributed by atoms with Crippen LogP contribution in [0.15, 0.2) is 41.4 Å². The lowest BCUT2D eigenvalue weighted by atomic mass is 10.3. The van der Waals surface area contributed by atoms with E-state index in [0.717, 1.165) is 11.4 Å². The second-order valence-electron chi connectivity index (χ2n) is 2.51. The maximum atomic E-state index is 3.88. The fraction of sp³-hybridized carbons (Fsp3) is 0.111. The number of thioether (sulfide) groups is 1. The zero-order valence-electron chi connectivity index (χ0n) is 6.13. The lowest BCUT2D eigenvalue weighted by Gasteiger charge is -2.18. The maximum Gasteiger partial charge on any atom is 0.0520 e. The van der Waals surface area contributed by atoms with Crippen LogP contribution in [-0.2, 0) is 0 Å². The molecule has 0 radical (unpaired) electrons. The molecule has 1 aromatic carbocycles. The molecule has 11 heavy (non-hydrogen) atoms. The largest absolute Gasteiger partial charge is 0.358 e. The molecule has 56 valence electrons. The Bertz CT molecular complexity index is 293. The van der Waals surface area contributed by atoms with Crippen molar-refractivity contribution in [2.24, 2.45) is 0 Å². The average Bonchev–Trinajstić information content (AvgIpc) is 2.04. The molecule has 0 unspecified atom stereocenters. The van der Waals surface area contributed by atoms with Crippen LogP contribution in [0.3, 0.4) is 0 Å². The lowest BCUT2D eigenvalue weighted by molar-refractivity contribution is 1.30. The summed E-state index contributed by atoms with van der Waals surface area (Å²) in [4.78, 5) is 1.32. The van der Waals surface area contributed by atoms with Gasteiger partial charge < -0.3 is 5.32 Å². The van der Waals surface area contributed by atoms with Crippen LogP contribution in [0.5, 0.6) is 0 Å². The highest BCUT2D eigenvalue weighted by Gasteiger charge is 2.08. The van der Waals surface area contributed by atoms with Crippen LogP contribution in [0.4, 0.5) is 5.69 Å². The van der Waals surface area contributed by atoms with Crippen molar-refractivity contribution in [2.75, 3.05) is 11.1 Å². The van der Waals surface area contributed by atoms with Crippen LogP contribution >= 0.6 is 11.8 Å². The maximum absolute atomic E-state index is 3.88. The van der Waals surface area contributed by atoms with Crippen LogP contribution in [-0.4, -0.2) is 5.75 Å². The first-order valence-electron chi connectivity index (χ1n) is 3.53. The van der Waals surface area contributed by atoms with Gasteiger partial charge in [-0.25, -0.2) is 0 Å². The Morgan fingerprint density at radius 3 is 3.09 bits per heavy atom. The number of para-hydroxylation sites is 1. The summed E-state index contributed by atoms with van der Waals surface area (Å²) in [5.41, 5.74) is 2.28. The minimum atomic E-state index is 0.983. The molecule has 1 N–H and O–H groups in total. The summed E-state index contributed by atoms with van der Waals surface area (Å²) in [7, 11) is 0. The van der Waals surface area contributed by atoms with E-state index in [1.807, 2.05) is 17.8 Å². The van der Waals surface area contributed by atoms with Crippen LogP contribution in [0.2, 0.25) is 0 Å². The number of anilines is 1. The third-order valence-corrected chi connectivity index (χ3v) is 2.76. The van der Waals surface area contributed by atoms with E-state index >= 15 is 0 Å². The van der Waals surface area contributed by atoms with Gasteiger partial charge in [0.25, 0.3) is 0 Å². The Balaban J connectivity index is 2.41. The van der Waals surface area contributed by atoms with Crippen molar-refractivity contribution in [3.8, 4) is 0 Å². The smallest absolute Gasteiger partial charge is 0.0520 e.